The number of aliphatic carboxylic acids is 1. The maximum atomic E-state index is 12.6. The van der Waals surface area contributed by atoms with Crippen LogP contribution >= 0.6 is 12.6 Å². The molecule has 0 aliphatic carbocycles. The Balaban J connectivity index is 2.80. The van der Waals surface area contributed by atoms with Gasteiger partial charge in [0.2, 0.25) is 23.6 Å². The summed E-state index contributed by atoms with van der Waals surface area (Å²) in [6.07, 6.45) is 0.965. The zero-order valence-electron chi connectivity index (χ0n) is 16.4. The van der Waals surface area contributed by atoms with Crippen molar-refractivity contribution in [3.05, 3.63) is 0 Å². The first-order chi connectivity index (χ1) is 13.6. The van der Waals surface area contributed by atoms with Crippen LogP contribution in [-0.2, 0) is 24.0 Å². The Hall–Kier alpha value is -2.34. The van der Waals surface area contributed by atoms with Gasteiger partial charge in [-0.25, -0.2) is 4.79 Å². The van der Waals surface area contributed by atoms with E-state index in [-0.39, 0.29) is 11.7 Å². The fourth-order valence-electron chi connectivity index (χ4n) is 2.82. The fraction of sp³-hybridized carbons (Fsp3) is 0.706. The van der Waals surface area contributed by atoms with Crippen LogP contribution in [0.3, 0.4) is 0 Å². The lowest BCUT2D eigenvalue weighted by molar-refractivity contribution is -0.143. The lowest BCUT2D eigenvalue weighted by Crippen LogP contribution is -2.58. The first-order valence-electron chi connectivity index (χ1n) is 9.33. The largest absolute Gasteiger partial charge is 0.480 e. The number of nitrogens with one attached hydrogen (secondary N) is 4. The molecule has 0 bridgehead atoms. The molecule has 7 N–H and O–H groups in total. The van der Waals surface area contributed by atoms with E-state index in [1.54, 1.807) is 13.8 Å². The highest BCUT2D eigenvalue weighted by Gasteiger charge is 2.32. The number of carbonyl (C=O) groups excluding carboxylic acids is 4. The standard InChI is InChI=1S/C17H29N5O6S/c1-8(2)13(17(27)28)22-16(26)11(7-29)21-15(25)10(6-12(18)23)20-14(24)9-4-3-5-19-9/h8-11,13,19,29H,3-7H2,1-2H3,(H2,18,23)(H,20,24)(H,21,25)(H,22,26)(H,27,28). The Morgan fingerprint density at radius 2 is 1.72 bits per heavy atom. The van der Waals surface area contributed by atoms with Crippen molar-refractivity contribution in [3.63, 3.8) is 0 Å². The minimum Gasteiger partial charge on any atom is -0.480 e. The smallest absolute Gasteiger partial charge is 0.326 e. The Morgan fingerprint density at radius 1 is 1.10 bits per heavy atom. The highest BCUT2D eigenvalue weighted by molar-refractivity contribution is 7.80. The number of hydrogen-bond donors (Lipinski definition) is 7. The molecule has 11 nitrogen and oxygen atoms in total. The van der Waals surface area contributed by atoms with Gasteiger partial charge in [0.1, 0.15) is 18.1 Å². The SMILES string of the molecule is CC(C)C(NC(=O)C(CS)NC(=O)C(CC(N)=O)NC(=O)C1CCCN1)C(=O)O. The molecule has 1 heterocycles. The molecule has 1 aliphatic rings. The van der Waals surface area contributed by atoms with Crippen LogP contribution in [0.5, 0.6) is 0 Å². The van der Waals surface area contributed by atoms with Crippen molar-refractivity contribution in [1.82, 2.24) is 21.3 Å². The number of hydrogen-bond acceptors (Lipinski definition) is 7. The van der Waals surface area contributed by atoms with E-state index in [2.05, 4.69) is 33.9 Å². The molecule has 4 atom stereocenters. The van der Waals surface area contributed by atoms with E-state index in [4.69, 9.17) is 5.73 Å². The van der Waals surface area contributed by atoms with Gasteiger partial charge in [-0.05, 0) is 25.3 Å². The molecular weight excluding hydrogens is 402 g/mol. The van der Waals surface area contributed by atoms with Gasteiger partial charge >= 0.3 is 5.97 Å². The molecule has 0 aromatic rings. The molecule has 164 valence electrons. The molecule has 0 spiro atoms. The summed E-state index contributed by atoms with van der Waals surface area (Å²) in [5.41, 5.74) is 5.17. The minimum atomic E-state index is -1.27. The van der Waals surface area contributed by atoms with Gasteiger partial charge in [0.15, 0.2) is 0 Å². The number of thiol groups is 1. The number of primary amides is 1. The van der Waals surface area contributed by atoms with E-state index < -0.39 is 60.2 Å². The highest BCUT2D eigenvalue weighted by atomic mass is 32.1. The third kappa shape index (κ3) is 7.89. The lowest BCUT2D eigenvalue weighted by atomic mass is 10.0. The van der Waals surface area contributed by atoms with Gasteiger partial charge in [-0.1, -0.05) is 13.8 Å². The number of rotatable bonds is 11. The second-order valence-electron chi connectivity index (χ2n) is 7.19. The van der Waals surface area contributed by atoms with Crippen LogP contribution in [0.15, 0.2) is 0 Å². The summed E-state index contributed by atoms with van der Waals surface area (Å²) < 4.78 is 0. The van der Waals surface area contributed by atoms with Crippen LogP contribution in [0.4, 0.5) is 0 Å². The zero-order chi connectivity index (χ0) is 22.1. The van der Waals surface area contributed by atoms with Crippen molar-refractivity contribution in [2.45, 2.75) is 57.3 Å². The van der Waals surface area contributed by atoms with Crippen molar-refractivity contribution < 1.29 is 29.1 Å². The molecule has 4 unspecified atom stereocenters. The molecule has 0 saturated carbocycles. The van der Waals surface area contributed by atoms with Gasteiger partial charge < -0.3 is 32.1 Å². The lowest BCUT2D eigenvalue weighted by Gasteiger charge is -2.24. The van der Waals surface area contributed by atoms with E-state index >= 15 is 0 Å². The van der Waals surface area contributed by atoms with Gasteiger partial charge in [-0.2, -0.15) is 12.6 Å². The maximum absolute atomic E-state index is 12.6. The Labute approximate surface area is 174 Å². The van der Waals surface area contributed by atoms with Gasteiger partial charge in [0, 0.05) is 5.75 Å². The molecule has 1 fully saturated rings. The van der Waals surface area contributed by atoms with Crippen LogP contribution in [0, 0.1) is 5.92 Å². The predicted octanol–water partition coefficient (Wildman–Crippen LogP) is -2.26. The van der Waals surface area contributed by atoms with Crippen molar-refractivity contribution in [2.75, 3.05) is 12.3 Å². The third-order valence-corrected chi connectivity index (χ3v) is 4.83. The number of carboxylic acids is 1. The van der Waals surface area contributed by atoms with Crippen LogP contribution in [0.25, 0.3) is 0 Å². The Kier molecular flexibility index (Phi) is 9.89. The van der Waals surface area contributed by atoms with Crippen LogP contribution in [-0.4, -0.2) is 71.2 Å². The molecule has 0 aromatic heterocycles. The summed E-state index contributed by atoms with van der Waals surface area (Å²) in [6.45, 7) is 3.93. The van der Waals surface area contributed by atoms with Gasteiger partial charge in [0.05, 0.1) is 12.5 Å². The van der Waals surface area contributed by atoms with E-state index in [0.29, 0.717) is 13.0 Å². The quantitative estimate of drug-likeness (QED) is 0.180. The second-order valence-corrected chi connectivity index (χ2v) is 7.56. The predicted molar refractivity (Wildman–Crippen MR) is 107 cm³/mol. The fourth-order valence-corrected chi connectivity index (χ4v) is 3.08. The van der Waals surface area contributed by atoms with Crippen molar-refractivity contribution in [1.29, 1.82) is 0 Å². The number of nitrogens with two attached hydrogens (primary N) is 1. The number of carboxylic acid groups (broad SMARTS) is 1. The topological polar surface area (TPSA) is 180 Å². The maximum Gasteiger partial charge on any atom is 0.326 e. The summed E-state index contributed by atoms with van der Waals surface area (Å²) in [5, 5.41) is 19.4. The normalized spacial score (nSPS) is 19.1. The molecule has 29 heavy (non-hydrogen) atoms. The van der Waals surface area contributed by atoms with Gasteiger partial charge in [-0.15, -0.1) is 0 Å². The molecular formula is C17H29N5O6S. The van der Waals surface area contributed by atoms with Crippen molar-refractivity contribution in [2.24, 2.45) is 11.7 Å². The summed E-state index contributed by atoms with van der Waals surface area (Å²) in [7, 11) is 0. The van der Waals surface area contributed by atoms with Crippen LogP contribution in [0.2, 0.25) is 0 Å². The second kappa shape index (κ2) is 11.6. The summed E-state index contributed by atoms with van der Waals surface area (Å²) in [4.78, 5) is 59.8. The van der Waals surface area contributed by atoms with E-state index in [9.17, 15) is 29.1 Å². The molecule has 4 amide bonds. The summed E-state index contributed by atoms with van der Waals surface area (Å²) >= 11 is 4.02. The Morgan fingerprint density at radius 3 is 2.17 bits per heavy atom. The average Bonchev–Trinajstić information content (AvgIpc) is 3.16. The number of carbonyl (C=O) groups is 5. The molecule has 1 saturated heterocycles. The number of amides is 4. The Bertz CT molecular complexity index is 638. The molecule has 12 heteroatoms. The monoisotopic (exact) mass is 431 g/mol. The molecule has 0 aromatic carbocycles. The van der Waals surface area contributed by atoms with Crippen molar-refractivity contribution in [3.8, 4) is 0 Å². The van der Waals surface area contributed by atoms with E-state index in [1.807, 2.05) is 0 Å². The first kappa shape index (κ1) is 24.7. The van der Waals surface area contributed by atoms with Crippen LogP contribution in [0.1, 0.15) is 33.1 Å². The summed E-state index contributed by atoms with van der Waals surface area (Å²) in [6, 6.07) is -4.04. The summed E-state index contributed by atoms with van der Waals surface area (Å²) in [5.74, 6) is -4.49. The molecule has 0 radical (unpaired) electrons. The first-order valence-corrected chi connectivity index (χ1v) is 9.96. The van der Waals surface area contributed by atoms with Gasteiger partial charge in [-0.3, -0.25) is 19.2 Å². The van der Waals surface area contributed by atoms with Crippen molar-refractivity contribution >= 4 is 42.2 Å². The van der Waals surface area contributed by atoms with E-state index in [1.165, 1.54) is 0 Å². The minimum absolute atomic E-state index is 0.122. The zero-order valence-corrected chi connectivity index (χ0v) is 17.3. The van der Waals surface area contributed by atoms with Gasteiger partial charge in [0.25, 0.3) is 0 Å². The molecule has 1 aliphatic heterocycles. The highest BCUT2D eigenvalue weighted by Crippen LogP contribution is 2.06. The third-order valence-electron chi connectivity index (χ3n) is 4.46. The van der Waals surface area contributed by atoms with E-state index in [0.717, 1.165) is 6.42 Å². The average molecular weight is 432 g/mol. The van der Waals surface area contributed by atoms with Crippen LogP contribution < -0.4 is 27.0 Å². The molecule has 1 rings (SSSR count).